The quantitative estimate of drug-likeness (QED) is 0.775. The molecule has 0 saturated carbocycles. The van der Waals surface area contributed by atoms with Crippen molar-refractivity contribution in [3.63, 3.8) is 0 Å². The summed E-state index contributed by atoms with van der Waals surface area (Å²) in [6.07, 6.45) is 4.34. The topological polar surface area (TPSA) is 78.8 Å². The highest BCUT2D eigenvalue weighted by molar-refractivity contribution is 5.96. The zero-order valence-corrected chi connectivity index (χ0v) is 10.8. The molecule has 1 aliphatic rings. The summed E-state index contributed by atoms with van der Waals surface area (Å²) in [7, 11) is 0. The average Bonchev–Trinajstić information content (AvgIpc) is 2.39. The molecule has 5 nitrogen and oxygen atoms in total. The Balaban J connectivity index is 1.80. The van der Waals surface area contributed by atoms with Crippen molar-refractivity contribution < 1.29 is 19.7 Å². The van der Waals surface area contributed by atoms with Crippen LogP contribution in [0.1, 0.15) is 36.0 Å². The number of rotatable bonds is 4. The van der Waals surface area contributed by atoms with E-state index in [-0.39, 0.29) is 29.1 Å². The van der Waals surface area contributed by atoms with Crippen molar-refractivity contribution >= 4 is 5.91 Å². The Bertz CT molecular complexity index is 441. The van der Waals surface area contributed by atoms with Crippen LogP contribution >= 0.6 is 0 Å². The summed E-state index contributed by atoms with van der Waals surface area (Å²) in [5.41, 5.74) is 0.169. The number of carbonyl (C=O) groups is 1. The lowest BCUT2D eigenvalue weighted by Crippen LogP contribution is -2.29. The predicted octanol–water partition coefficient (Wildman–Crippen LogP) is 1.79. The third-order valence-corrected chi connectivity index (χ3v) is 3.25. The molecule has 1 saturated heterocycles. The Morgan fingerprint density at radius 1 is 1.37 bits per heavy atom. The highest BCUT2D eigenvalue weighted by Crippen LogP contribution is 2.22. The molecule has 1 aromatic carbocycles. The fourth-order valence-electron chi connectivity index (χ4n) is 2.19. The zero-order valence-electron chi connectivity index (χ0n) is 10.8. The number of phenolic OH excluding ortho intramolecular Hbond substituents is 2. The van der Waals surface area contributed by atoms with E-state index in [2.05, 4.69) is 5.32 Å². The summed E-state index contributed by atoms with van der Waals surface area (Å²) in [6.45, 7) is 1.32. The third-order valence-electron chi connectivity index (χ3n) is 3.25. The van der Waals surface area contributed by atoms with Gasteiger partial charge in [-0.2, -0.15) is 0 Å². The van der Waals surface area contributed by atoms with Crippen molar-refractivity contribution in [1.29, 1.82) is 0 Å². The molecule has 5 heteroatoms. The van der Waals surface area contributed by atoms with Crippen molar-refractivity contribution in [3.8, 4) is 11.5 Å². The maximum atomic E-state index is 11.8. The SMILES string of the molecule is O=C(NCCC1CCCCO1)c1ccc(O)cc1O. The van der Waals surface area contributed by atoms with E-state index in [1.54, 1.807) is 0 Å². The van der Waals surface area contributed by atoms with Crippen LogP contribution in [0.25, 0.3) is 0 Å². The number of aromatic hydroxyl groups is 2. The first kappa shape index (κ1) is 13.7. The van der Waals surface area contributed by atoms with Crippen molar-refractivity contribution in [2.45, 2.75) is 31.8 Å². The molecule has 1 fully saturated rings. The lowest BCUT2D eigenvalue weighted by Gasteiger charge is -2.22. The van der Waals surface area contributed by atoms with Crippen LogP contribution in [0, 0.1) is 0 Å². The second-order valence-electron chi connectivity index (χ2n) is 4.73. The van der Waals surface area contributed by atoms with Gasteiger partial charge in [-0.1, -0.05) is 0 Å². The van der Waals surface area contributed by atoms with Crippen molar-refractivity contribution in [2.75, 3.05) is 13.2 Å². The molecule has 19 heavy (non-hydrogen) atoms. The summed E-state index contributed by atoms with van der Waals surface area (Å²) in [5, 5.41) is 21.5. The van der Waals surface area contributed by atoms with Gasteiger partial charge in [-0.05, 0) is 37.8 Å². The van der Waals surface area contributed by atoms with E-state index in [0.717, 1.165) is 31.9 Å². The van der Waals surface area contributed by atoms with Gasteiger partial charge in [-0.15, -0.1) is 0 Å². The average molecular weight is 265 g/mol. The fourth-order valence-corrected chi connectivity index (χ4v) is 2.19. The normalized spacial score (nSPS) is 19.1. The third kappa shape index (κ3) is 3.86. The maximum absolute atomic E-state index is 11.8. The molecule has 0 aromatic heterocycles. The molecule has 0 spiro atoms. The van der Waals surface area contributed by atoms with Crippen LogP contribution in [0.3, 0.4) is 0 Å². The number of phenols is 2. The van der Waals surface area contributed by atoms with Crippen LogP contribution in [0.2, 0.25) is 0 Å². The molecule has 1 atom stereocenters. The monoisotopic (exact) mass is 265 g/mol. The minimum atomic E-state index is -0.340. The molecular weight excluding hydrogens is 246 g/mol. The molecule has 0 aliphatic carbocycles. The van der Waals surface area contributed by atoms with Gasteiger partial charge in [0, 0.05) is 19.2 Å². The molecule has 1 aromatic rings. The smallest absolute Gasteiger partial charge is 0.255 e. The van der Waals surface area contributed by atoms with Gasteiger partial charge < -0.3 is 20.3 Å². The highest BCUT2D eigenvalue weighted by atomic mass is 16.5. The Hall–Kier alpha value is -1.75. The first-order valence-electron chi connectivity index (χ1n) is 6.58. The van der Waals surface area contributed by atoms with Gasteiger partial charge in [-0.3, -0.25) is 4.79 Å². The first-order chi connectivity index (χ1) is 9.16. The number of hydrogen-bond acceptors (Lipinski definition) is 4. The van der Waals surface area contributed by atoms with Gasteiger partial charge in [0.05, 0.1) is 11.7 Å². The number of ether oxygens (including phenoxy) is 1. The number of amides is 1. The van der Waals surface area contributed by atoms with Crippen molar-refractivity contribution in [1.82, 2.24) is 5.32 Å². The number of benzene rings is 1. The Morgan fingerprint density at radius 3 is 2.89 bits per heavy atom. The van der Waals surface area contributed by atoms with E-state index in [0.29, 0.717) is 6.54 Å². The minimum absolute atomic E-state index is 0.0651. The molecule has 1 amide bonds. The van der Waals surface area contributed by atoms with Crippen molar-refractivity contribution in [2.24, 2.45) is 0 Å². The minimum Gasteiger partial charge on any atom is -0.508 e. The summed E-state index contributed by atoms with van der Waals surface area (Å²) in [5.74, 6) is -0.621. The zero-order chi connectivity index (χ0) is 13.7. The van der Waals surface area contributed by atoms with E-state index in [4.69, 9.17) is 9.84 Å². The summed E-state index contributed by atoms with van der Waals surface area (Å²) in [6, 6.07) is 3.93. The van der Waals surface area contributed by atoms with Gasteiger partial charge >= 0.3 is 0 Å². The number of nitrogens with one attached hydrogen (secondary N) is 1. The van der Waals surface area contributed by atoms with E-state index in [1.807, 2.05) is 0 Å². The van der Waals surface area contributed by atoms with Gasteiger partial charge in [0.25, 0.3) is 5.91 Å². The molecule has 1 unspecified atom stereocenters. The first-order valence-corrected chi connectivity index (χ1v) is 6.58. The van der Waals surface area contributed by atoms with Crippen LogP contribution in [-0.4, -0.2) is 35.4 Å². The lowest BCUT2D eigenvalue weighted by molar-refractivity contribution is 0.0117. The molecule has 0 radical (unpaired) electrons. The van der Waals surface area contributed by atoms with Crippen LogP contribution in [0.15, 0.2) is 18.2 Å². The lowest BCUT2D eigenvalue weighted by atomic mass is 10.1. The molecule has 0 bridgehead atoms. The molecule has 1 heterocycles. The Kier molecular flexibility index (Phi) is 4.63. The Labute approximate surface area is 112 Å². The van der Waals surface area contributed by atoms with E-state index < -0.39 is 0 Å². The van der Waals surface area contributed by atoms with Crippen LogP contribution < -0.4 is 5.32 Å². The summed E-state index contributed by atoms with van der Waals surface area (Å²) >= 11 is 0. The van der Waals surface area contributed by atoms with Gasteiger partial charge in [0.2, 0.25) is 0 Å². The van der Waals surface area contributed by atoms with Crippen LogP contribution in [-0.2, 0) is 4.74 Å². The van der Waals surface area contributed by atoms with Gasteiger partial charge in [0.15, 0.2) is 0 Å². The second-order valence-corrected chi connectivity index (χ2v) is 4.73. The van der Waals surface area contributed by atoms with E-state index in [9.17, 15) is 9.90 Å². The second kappa shape index (κ2) is 6.43. The number of hydrogen-bond donors (Lipinski definition) is 3. The summed E-state index contributed by atoms with van der Waals surface area (Å²) in [4.78, 5) is 11.8. The molecule has 3 N–H and O–H groups in total. The van der Waals surface area contributed by atoms with Gasteiger partial charge in [-0.25, -0.2) is 0 Å². The Morgan fingerprint density at radius 2 is 2.21 bits per heavy atom. The fraction of sp³-hybridized carbons (Fsp3) is 0.500. The van der Waals surface area contributed by atoms with Crippen molar-refractivity contribution in [3.05, 3.63) is 23.8 Å². The number of carbonyl (C=O) groups excluding carboxylic acids is 1. The standard InChI is InChI=1S/C14H19NO4/c16-10-4-5-12(13(17)9-10)14(18)15-7-6-11-3-1-2-8-19-11/h4-5,9,11,16-17H,1-3,6-8H2,(H,15,18). The van der Waals surface area contributed by atoms with Crippen LogP contribution in [0.4, 0.5) is 0 Å². The van der Waals surface area contributed by atoms with E-state index >= 15 is 0 Å². The van der Waals surface area contributed by atoms with Crippen LogP contribution in [0.5, 0.6) is 11.5 Å². The molecule has 1 aliphatic heterocycles. The predicted molar refractivity (Wildman–Crippen MR) is 70.3 cm³/mol. The maximum Gasteiger partial charge on any atom is 0.255 e. The highest BCUT2D eigenvalue weighted by Gasteiger charge is 2.15. The molecule has 104 valence electrons. The van der Waals surface area contributed by atoms with E-state index in [1.165, 1.54) is 18.6 Å². The molecular formula is C14H19NO4. The summed E-state index contributed by atoms with van der Waals surface area (Å²) < 4.78 is 5.57. The van der Waals surface area contributed by atoms with Gasteiger partial charge in [0.1, 0.15) is 11.5 Å². The largest absolute Gasteiger partial charge is 0.508 e. The molecule has 2 rings (SSSR count).